The van der Waals surface area contributed by atoms with Crippen LogP contribution in [0.15, 0.2) is 48.5 Å². The smallest absolute Gasteiger partial charge is 0.284 e. The van der Waals surface area contributed by atoms with Crippen molar-refractivity contribution in [1.82, 2.24) is 19.9 Å². The summed E-state index contributed by atoms with van der Waals surface area (Å²) in [6.45, 7) is 2.79. The van der Waals surface area contributed by atoms with E-state index in [2.05, 4.69) is 49.4 Å². The Morgan fingerprint density at radius 1 is 1.12 bits per heavy atom. The highest BCUT2D eigenvalue weighted by Crippen LogP contribution is 2.29. The minimum atomic E-state index is -0.669. The first-order valence-corrected chi connectivity index (χ1v) is 11.2. The standard InChI is InChI=1S/C23H22N6O2S/c24-20(30)21-25-17-8-4-7-15(19(17)27-21)22(31)28-23-26-16-10-12-29(13-18(16)32-23)11-9-14-5-2-1-3-6-14/h1-8H,9-13H2,(H2,24,30)(H,25,27)(H,26,28,31). The van der Waals surface area contributed by atoms with Crippen molar-refractivity contribution in [2.24, 2.45) is 5.73 Å². The van der Waals surface area contributed by atoms with Crippen LogP contribution in [0, 0.1) is 0 Å². The van der Waals surface area contributed by atoms with Gasteiger partial charge in [0.2, 0.25) is 0 Å². The number of imidazole rings is 1. The number of carbonyl (C=O) groups is 2. The zero-order valence-corrected chi connectivity index (χ0v) is 18.1. The molecule has 0 bridgehead atoms. The molecule has 2 aromatic heterocycles. The molecule has 0 saturated carbocycles. The van der Waals surface area contributed by atoms with Crippen molar-refractivity contribution in [3.63, 3.8) is 0 Å². The molecule has 0 radical (unpaired) electrons. The minimum Gasteiger partial charge on any atom is -0.363 e. The molecule has 0 atom stereocenters. The molecule has 1 aliphatic heterocycles. The number of thiazole rings is 1. The lowest BCUT2D eigenvalue weighted by molar-refractivity contribution is 0.0989. The number of nitrogens with one attached hydrogen (secondary N) is 2. The van der Waals surface area contributed by atoms with Gasteiger partial charge in [-0.3, -0.25) is 19.8 Å². The molecule has 2 aromatic carbocycles. The van der Waals surface area contributed by atoms with Gasteiger partial charge >= 0.3 is 0 Å². The van der Waals surface area contributed by atoms with Crippen molar-refractivity contribution in [3.8, 4) is 0 Å². The number of H-pyrrole nitrogens is 1. The average Bonchev–Trinajstić information content (AvgIpc) is 3.41. The molecule has 3 heterocycles. The quantitative estimate of drug-likeness (QED) is 0.421. The normalized spacial score (nSPS) is 13.8. The molecular formula is C23H22N6O2S. The maximum absolute atomic E-state index is 12.9. The number of hydrogen-bond donors (Lipinski definition) is 3. The van der Waals surface area contributed by atoms with Crippen molar-refractivity contribution < 1.29 is 9.59 Å². The predicted molar refractivity (Wildman–Crippen MR) is 124 cm³/mol. The fraction of sp³-hybridized carbons (Fsp3) is 0.217. The Labute approximate surface area is 188 Å². The summed E-state index contributed by atoms with van der Waals surface area (Å²) >= 11 is 1.51. The molecule has 5 rings (SSSR count). The lowest BCUT2D eigenvalue weighted by Crippen LogP contribution is -2.31. The van der Waals surface area contributed by atoms with Gasteiger partial charge in [-0.2, -0.15) is 0 Å². The number of aromatic nitrogens is 3. The van der Waals surface area contributed by atoms with Gasteiger partial charge in [-0.1, -0.05) is 36.4 Å². The Morgan fingerprint density at radius 2 is 1.97 bits per heavy atom. The molecule has 4 aromatic rings. The summed E-state index contributed by atoms with van der Waals surface area (Å²) in [5, 5.41) is 3.48. The molecule has 0 unspecified atom stereocenters. The fourth-order valence-electron chi connectivity index (χ4n) is 3.92. The molecule has 9 heteroatoms. The number of amides is 2. The highest BCUT2D eigenvalue weighted by molar-refractivity contribution is 7.15. The van der Waals surface area contributed by atoms with Crippen LogP contribution in [0.25, 0.3) is 11.0 Å². The Bertz CT molecular complexity index is 1300. The van der Waals surface area contributed by atoms with E-state index in [-0.39, 0.29) is 11.7 Å². The first-order chi connectivity index (χ1) is 15.6. The van der Waals surface area contributed by atoms with Crippen LogP contribution < -0.4 is 11.1 Å². The summed E-state index contributed by atoms with van der Waals surface area (Å²) in [6, 6.07) is 15.6. The summed E-state index contributed by atoms with van der Waals surface area (Å²) in [4.78, 5) is 39.6. The molecule has 0 saturated heterocycles. The second-order valence-corrected chi connectivity index (χ2v) is 8.84. The Kier molecular flexibility index (Phi) is 5.42. The van der Waals surface area contributed by atoms with E-state index in [0.717, 1.165) is 38.2 Å². The number of primary amides is 1. The Balaban J connectivity index is 1.28. The lowest BCUT2D eigenvalue weighted by Gasteiger charge is -2.25. The summed E-state index contributed by atoms with van der Waals surface area (Å²) in [5.74, 6) is -0.956. The minimum absolute atomic E-state index is 0.0283. The van der Waals surface area contributed by atoms with Gasteiger partial charge in [0.15, 0.2) is 11.0 Å². The topological polar surface area (TPSA) is 117 Å². The summed E-state index contributed by atoms with van der Waals surface area (Å²) in [7, 11) is 0. The SMILES string of the molecule is NC(=O)c1nc2c(C(=O)Nc3nc4c(s3)CN(CCc3ccccc3)CC4)cccc2[nH]1. The van der Waals surface area contributed by atoms with Crippen LogP contribution in [0.5, 0.6) is 0 Å². The van der Waals surface area contributed by atoms with Crippen LogP contribution in [0.2, 0.25) is 0 Å². The maximum Gasteiger partial charge on any atom is 0.284 e. The zero-order valence-electron chi connectivity index (χ0n) is 17.3. The van der Waals surface area contributed by atoms with Crippen molar-refractivity contribution in [3.05, 3.63) is 76.1 Å². The molecule has 8 nitrogen and oxygen atoms in total. The molecule has 2 amide bonds. The van der Waals surface area contributed by atoms with E-state index in [1.54, 1.807) is 18.2 Å². The molecule has 0 spiro atoms. The van der Waals surface area contributed by atoms with Crippen LogP contribution >= 0.6 is 11.3 Å². The number of anilines is 1. The Morgan fingerprint density at radius 3 is 2.78 bits per heavy atom. The number of hydrogen-bond acceptors (Lipinski definition) is 6. The molecule has 1 aliphatic rings. The van der Waals surface area contributed by atoms with Gasteiger partial charge in [0.1, 0.15) is 5.52 Å². The van der Waals surface area contributed by atoms with E-state index < -0.39 is 5.91 Å². The largest absolute Gasteiger partial charge is 0.363 e. The van der Waals surface area contributed by atoms with Crippen LogP contribution in [0.1, 0.15) is 37.1 Å². The molecular weight excluding hydrogens is 424 g/mol. The highest BCUT2D eigenvalue weighted by Gasteiger charge is 2.22. The Hall–Kier alpha value is -3.56. The second kappa shape index (κ2) is 8.52. The van der Waals surface area contributed by atoms with Gasteiger partial charge < -0.3 is 10.7 Å². The van der Waals surface area contributed by atoms with Crippen LogP contribution in [0.4, 0.5) is 5.13 Å². The maximum atomic E-state index is 12.9. The number of fused-ring (bicyclic) bond motifs is 2. The zero-order chi connectivity index (χ0) is 22.1. The van der Waals surface area contributed by atoms with Crippen LogP contribution in [-0.2, 0) is 19.4 Å². The summed E-state index contributed by atoms with van der Waals surface area (Å²) in [5.41, 5.74) is 9.05. The third-order valence-electron chi connectivity index (χ3n) is 5.58. The number of carbonyl (C=O) groups excluding carboxylic acids is 2. The van der Waals surface area contributed by atoms with E-state index >= 15 is 0 Å². The van der Waals surface area contributed by atoms with Gasteiger partial charge in [-0.25, -0.2) is 9.97 Å². The number of rotatable bonds is 6. The van der Waals surface area contributed by atoms with Gasteiger partial charge in [0.25, 0.3) is 11.8 Å². The molecule has 32 heavy (non-hydrogen) atoms. The molecule has 0 aliphatic carbocycles. The van der Waals surface area contributed by atoms with Crippen LogP contribution in [0.3, 0.4) is 0 Å². The second-order valence-electron chi connectivity index (χ2n) is 7.76. The molecule has 4 N–H and O–H groups in total. The van der Waals surface area contributed by atoms with Gasteiger partial charge in [0, 0.05) is 30.9 Å². The molecule has 0 fully saturated rings. The van der Waals surface area contributed by atoms with Gasteiger partial charge in [-0.15, -0.1) is 11.3 Å². The van der Waals surface area contributed by atoms with Crippen molar-refractivity contribution in [1.29, 1.82) is 0 Å². The van der Waals surface area contributed by atoms with E-state index in [0.29, 0.717) is 21.7 Å². The first-order valence-electron chi connectivity index (χ1n) is 10.4. The number of aromatic amines is 1. The molecule has 162 valence electrons. The number of para-hydroxylation sites is 1. The van der Waals surface area contributed by atoms with Crippen molar-refractivity contribution in [2.45, 2.75) is 19.4 Å². The number of nitrogens with zero attached hydrogens (tertiary/aromatic N) is 3. The lowest BCUT2D eigenvalue weighted by atomic mass is 10.1. The fourth-order valence-corrected chi connectivity index (χ4v) is 4.97. The van der Waals surface area contributed by atoms with Crippen molar-refractivity contribution >= 4 is 39.3 Å². The first kappa shape index (κ1) is 20.3. The monoisotopic (exact) mass is 446 g/mol. The average molecular weight is 447 g/mol. The van der Waals surface area contributed by atoms with Crippen molar-refractivity contribution in [2.75, 3.05) is 18.4 Å². The predicted octanol–water partition coefficient (Wildman–Crippen LogP) is 2.97. The van der Waals surface area contributed by atoms with E-state index in [1.807, 2.05) is 6.07 Å². The van der Waals surface area contributed by atoms with Gasteiger partial charge in [0.05, 0.1) is 16.8 Å². The summed E-state index contributed by atoms with van der Waals surface area (Å²) < 4.78 is 0. The third-order valence-corrected chi connectivity index (χ3v) is 6.58. The van der Waals surface area contributed by atoms with E-state index in [9.17, 15) is 9.59 Å². The number of nitrogens with two attached hydrogens (primary N) is 1. The summed E-state index contributed by atoms with van der Waals surface area (Å²) in [6.07, 6.45) is 1.88. The highest BCUT2D eigenvalue weighted by atomic mass is 32.1. The van der Waals surface area contributed by atoms with E-state index in [1.165, 1.54) is 21.8 Å². The van der Waals surface area contributed by atoms with E-state index in [4.69, 9.17) is 5.73 Å². The van der Waals surface area contributed by atoms with Crippen LogP contribution in [-0.4, -0.2) is 44.8 Å². The van der Waals surface area contributed by atoms with Gasteiger partial charge in [-0.05, 0) is 24.1 Å². The number of benzene rings is 2. The third kappa shape index (κ3) is 4.12.